The van der Waals surface area contributed by atoms with Crippen molar-refractivity contribution in [3.63, 3.8) is 0 Å². The molecule has 1 atom stereocenters. The predicted octanol–water partition coefficient (Wildman–Crippen LogP) is 4.41. The van der Waals surface area contributed by atoms with Gasteiger partial charge in [-0.15, -0.1) is 0 Å². The Kier molecular flexibility index (Phi) is 6.37. The lowest BCUT2D eigenvalue weighted by Crippen LogP contribution is -2.43. The largest absolute Gasteiger partial charge is 0.496 e. The second-order valence-corrected chi connectivity index (χ2v) is 10.2. The summed E-state index contributed by atoms with van der Waals surface area (Å²) in [5.41, 5.74) is 3.58. The average Bonchev–Trinajstić information content (AvgIpc) is 3.48. The number of nitrogens with one attached hydrogen (secondary N) is 1. The normalized spacial score (nSPS) is 16.3. The summed E-state index contributed by atoms with van der Waals surface area (Å²) in [6.45, 7) is 0.704. The van der Waals surface area contributed by atoms with E-state index >= 15 is 0 Å². The first-order chi connectivity index (χ1) is 18.5. The number of aromatic nitrogens is 1. The van der Waals surface area contributed by atoms with Crippen LogP contribution in [0.2, 0.25) is 0 Å². The van der Waals surface area contributed by atoms with E-state index in [0.29, 0.717) is 17.2 Å². The van der Waals surface area contributed by atoms with Crippen LogP contribution in [-0.4, -0.2) is 40.9 Å². The van der Waals surface area contributed by atoms with Crippen LogP contribution in [0.1, 0.15) is 22.7 Å². The number of nitrogens with zero attached hydrogens (tertiary/aromatic N) is 2. The van der Waals surface area contributed by atoms with Crippen LogP contribution in [0, 0.1) is 0 Å². The number of carbonyl (C=O) groups is 2. The molecule has 0 saturated heterocycles. The third kappa shape index (κ3) is 4.22. The van der Waals surface area contributed by atoms with E-state index in [9.17, 15) is 9.59 Å². The minimum absolute atomic E-state index is 0.106. The van der Waals surface area contributed by atoms with E-state index in [1.165, 1.54) is 11.8 Å². The Hall–Kier alpha value is -4.11. The highest BCUT2D eigenvalue weighted by atomic mass is 32.2. The molecule has 4 aromatic rings. The van der Waals surface area contributed by atoms with Gasteiger partial charge < -0.3 is 29.0 Å². The fourth-order valence-corrected chi connectivity index (χ4v) is 6.26. The lowest BCUT2D eigenvalue weighted by atomic mass is 10.0. The van der Waals surface area contributed by atoms with Crippen LogP contribution in [0.4, 0.5) is 0 Å². The molecule has 0 radical (unpaired) electrons. The highest BCUT2D eigenvalue weighted by Gasteiger charge is 2.39. The van der Waals surface area contributed by atoms with Crippen LogP contribution in [0.25, 0.3) is 10.9 Å². The summed E-state index contributed by atoms with van der Waals surface area (Å²) in [5, 5.41) is 4.97. The number of rotatable bonds is 6. The molecule has 3 heterocycles. The number of aryl methyl sites for hydroxylation is 1. The Morgan fingerprint density at radius 3 is 2.74 bits per heavy atom. The Morgan fingerprint density at radius 1 is 1.08 bits per heavy atom. The monoisotopic (exact) mass is 529 g/mol. The number of para-hydroxylation sites is 2. The minimum Gasteiger partial charge on any atom is -0.496 e. The number of hydrogen-bond donors (Lipinski definition) is 1. The molecule has 1 aromatic heterocycles. The van der Waals surface area contributed by atoms with Crippen molar-refractivity contribution >= 4 is 34.5 Å². The van der Waals surface area contributed by atoms with Crippen molar-refractivity contribution < 1.29 is 23.8 Å². The molecular formula is C29H27N3O5S. The van der Waals surface area contributed by atoms with E-state index in [1.54, 1.807) is 12.0 Å². The quantitative estimate of drug-likeness (QED) is 0.399. The van der Waals surface area contributed by atoms with Crippen LogP contribution >= 0.6 is 11.8 Å². The molecule has 0 saturated carbocycles. The van der Waals surface area contributed by atoms with Gasteiger partial charge in [-0.3, -0.25) is 9.59 Å². The van der Waals surface area contributed by atoms with E-state index in [0.717, 1.165) is 32.6 Å². The standard InChI is InChI=1S/C29H27N3O5S/c1-31-21-9-5-4-8-20(21)26-27(28(34)30-14-19-7-3-6-10-22(19)35-2)32(25(33)16-38-29(26)31)15-18-11-12-23-24(13-18)37-17-36-23/h3-13,27H,14-17H2,1-2H3,(H,30,34). The number of ether oxygens (including phenoxy) is 3. The van der Waals surface area contributed by atoms with Crippen molar-refractivity contribution in [2.24, 2.45) is 7.05 Å². The molecule has 0 spiro atoms. The molecule has 2 aliphatic rings. The molecule has 38 heavy (non-hydrogen) atoms. The molecule has 2 amide bonds. The van der Waals surface area contributed by atoms with Gasteiger partial charge in [-0.2, -0.15) is 0 Å². The van der Waals surface area contributed by atoms with Crippen molar-refractivity contribution in [2.45, 2.75) is 24.2 Å². The molecule has 0 bridgehead atoms. The second-order valence-electron chi connectivity index (χ2n) is 9.23. The first kappa shape index (κ1) is 24.2. The molecule has 9 heteroatoms. The summed E-state index contributed by atoms with van der Waals surface area (Å²) in [6, 6.07) is 20.4. The first-order valence-electron chi connectivity index (χ1n) is 12.3. The molecular weight excluding hydrogens is 502 g/mol. The zero-order valence-corrected chi connectivity index (χ0v) is 21.9. The third-order valence-corrected chi connectivity index (χ3v) is 8.17. The van der Waals surface area contributed by atoms with Crippen molar-refractivity contribution in [3.8, 4) is 17.2 Å². The maximum atomic E-state index is 14.1. The summed E-state index contributed by atoms with van der Waals surface area (Å²) in [6.07, 6.45) is 0. The highest BCUT2D eigenvalue weighted by Crippen LogP contribution is 2.43. The Balaban J connectivity index is 1.41. The van der Waals surface area contributed by atoms with Crippen molar-refractivity contribution in [3.05, 3.63) is 83.4 Å². The van der Waals surface area contributed by atoms with Gasteiger partial charge in [0.2, 0.25) is 18.6 Å². The molecule has 6 rings (SSSR count). The summed E-state index contributed by atoms with van der Waals surface area (Å²) in [7, 11) is 3.59. The zero-order valence-electron chi connectivity index (χ0n) is 21.1. The molecule has 2 aliphatic heterocycles. The van der Waals surface area contributed by atoms with Gasteiger partial charge in [0.25, 0.3) is 0 Å². The molecule has 3 aromatic carbocycles. The maximum Gasteiger partial charge on any atom is 0.247 e. The molecule has 1 unspecified atom stereocenters. The predicted molar refractivity (Wildman–Crippen MR) is 144 cm³/mol. The summed E-state index contributed by atoms with van der Waals surface area (Å²) < 4.78 is 18.6. The highest BCUT2D eigenvalue weighted by molar-refractivity contribution is 8.00. The SMILES string of the molecule is COc1ccccc1CNC(=O)C1c2c(n(C)c3ccccc23)SCC(=O)N1Cc1ccc2c(c1)OCO2. The minimum atomic E-state index is -0.821. The van der Waals surface area contributed by atoms with E-state index in [1.807, 2.05) is 73.8 Å². The Labute approximate surface area is 224 Å². The first-order valence-corrected chi connectivity index (χ1v) is 13.3. The number of amides is 2. The van der Waals surface area contributed by atoms with Crippen LogP contribution in [0.15, 0.2) is 71.8 Å². The number of methoxy groups -OCH3 is 1. The number of carbonyl (C=O) groups excluding carboxylic acids is 2. The number of hydrogen-bond acceptors (Lipinski definition) is 6. The average molecular weight is 530 g/mol. The Morgan fingerprint density at radius 2 is 1.87 bits per heavy atom. The van der Waals surface area contributed by atoms with Gasteiger partial charge in [0.1, 0.15) is 11.8 Å². The molecule has 8 nitrogen and oxygen atoms in total. The second kappa shape index (κ2) is 9.98. The van der Waals surface area contributed by atoms with Crippen LogP contribution < -0.4 is 19.5 Å². The van der Waals surface area contributed by atoms with Crippen LogP contribution in [-0.2, 0) is 29.7 Å². The fraction of sp³-hybridized carbons (Fsp3) is 0.241. The molecule has 194 valence electrons. The summed E-state index contributed by atoms with van der Waals surface area (Å²) in [4.78, 5) is 29.3. The van der Waals surface area contributed by atoms with Crippen molar-refractivity contribution in [1.82, 2.24) is 14.8 Å². The van der Waals surface area contributed by atoms with Crippen molar-refractivity contribution in [2.75, 3.05) is 19.7 Å². The van der Waals surface area contributed by atoms with E-state index in [-0.39, 0.29) is 37.4 Å². The van der Waals surface area contributed by atoms with Gasteiger partial charge >= 0.3 is 0 Å². The maximum absolute atomic E-state index is 14.1. The smallest absolute Gasteiger partial charge is 0.247 e. The van der Waals surface area contributed by atoms with Crippen molar-refractivity contribution in [1.29, 1.82) is 0 Å². The topological polar surface area (TPSA) is 82.0 Å². The van der Waals surface area contributed by atoms with Gasteiger partial charge in [0.05, 0.1) is 17.9 Å². The van der Waals surface area contributed by atoms with Gasteiger partial charge in [0, 0.05) is 42.2 Å². The lowest BCUT2D eigenvalue weighted by molar-refractivity contribution is -0.139. The summed E-state index contributed by atoms with van der Waals surface area (Å²) >= 11 is 1.47. The van der Waals surface area contributed by atoms with E-state index < -0.39 is 6.04 Å². The van der Waals surface area contributed by atoms with Gasteiger partial charge in [-0.05, 0) is 29.8 Å². The number of fused-ring (bicyclic) bond motifs is 4. The number of benzene rings is 3. The third-order valence-electron chi connectivity index (χ3n) is 7.01. The zero-order chi connectivity index (χ0) is 26.2. The van der Waals surface area contributed by atoms with E-state index in [2.05, 4.69) is 9.88 Å². The molecule has 0 aliphatic carbocycles. The van der Waals surface area contributed by atoms with Crippen LogP contribution in [0.5, 0.6) is 17.2 Å². The fourth-order valence-electron chi connectivity index (χ4n) is 5.17. The molecule has 0 fully saturated rings. The van der Waals surface area contributed by atoms with Crippen LogP contribution in [0.3, 0.4) is 0 Å². The Bertz CT molecular complexity index is 1550. The van der Waals surface area contributed by atoms with Gasteiger partial charge in [-0.25, -0.2) is 0 Å². The lowest BCUT2D eigenvalue weighted by Gasteiger charge is -2.30. The van der Waals surface area contributed by atoms with E-state index in [4.69, 9.17) is 14.2 Å². The molecule has 1 N–H and O–H groups in total. The van der Waals surface area contributed by atoms with Gasteiger partial charge in [-0.1, -0.05) is 54.2 Å². The number of thioether (sulfide) groups is 1. The van der Waals surface area contributed by atoms with Gasteiger partial charge in [0.15, 0.2) is 11.5 Å². The summed E-state index contributed by atoms with van der Waals surface area (Å²) in [5.74, 6) is 1.90.